The molecule has 0 bridgehead atoms. The summed E-state index contributed by atoms with van der Waals surface area (Å²) in [7, 11) is 0. The van der Waals surface area contributed by atoms with Gasteiger partial charge in [0.05, 0.1) is 17.4 Å². The van der Waals surface area contributed by atoms with E-state index in [1.807, 2.05) is 67.1 Å². The van der Waals surface area contributed by atoms with Gasteiger partial charge >= 0.3 is 0 Å². The van der Waals surface area contributed by atoms with E-state index in [4.69, 9.17) is 14.8 Å². The third-order valence-electron chi connectivity index (χ3n) is 5.56. The first-order valence-corrected chi connectivity index (χ1v) is 10.9. The highest BCUT2D eigenvalue weighted by Crippen LogP contribution is 2.27. The molecule has 0 saturated carbocycles. The molecule has 0 saturated heterocycles. The third-order valence-corrected chi connectivity index (χ3v) is 5.56. The minimum atomic E-state index is -0.190. The van der Waals surface area contributed by atoms with Crippen LogP contribution in [-0.4, -0.2) is 27.3 Å². The molecule has 1 atom stereocenters. The van der Waals surface area contributed by atoms with Crippen molar-refractivity contribution < 1.29 is 9.53 Å². The Balaban J connectivity index is 1.57. The minimum absolute atomic E-state index is 0.0976. The second-order valence-corrected chi connectivity index (χ2v) is 7.99. The van der Waals surface area contributed by atoms with Crippen molar-refractivity contribution in [1.29, 1.82) is 0 Å². The van der Waals surface area contributed by atoms with Crippen molar-refractivity contribution >= 4 is 16.9 Å². The number of nitrogens with one attached hydrogen (secondary N) is 1. The summed E-state index contributed by atoms with van der Waals surface area (Å²) in [4.78, 5) is 17.2. The summed E-state index contributed by atoms with van der Waals surface area (Å²) in [5.41, 5.74) is 5.92. The Kier molecular flexibility index (Phi) is 6.21. The van der Waals surface area contributed by atoms with Crippen molar-refractivity contribution in [3.63, 3.8) is 0 Å². The molecule has 0 aliphatic rings. The van der Waals surface area contributed by atoms with Gasteiger partial charge in [0.25, 0.3) is 5.91 Å². The molecule has 0 aliphatic heterocycles. The number of hydrogen-bond acceptors (Lipinski definition) is 4. The van der Waals surface area contributed by atoms with Crippen LogP contribution in [0, 0.1) is 13.8 Å². The van der Waals surface area contributed by atoms with E-state index in [1.165, 1.54) is 5.56 Å². The van der Waals surface area contributed by atoms with Gasteiger partial charge in [-0.25, -0.2) is 4.68 Å². The van der Waals surface area contributed by atoms with Crippen LogP contribution in [0.5, 0.6) is 5.88 Å². The molecule has 2 aromatic carbocycles. The molecule has 1 N–H and O–H groups in total. The van der Waals surface area contributed by atoms with Gasteiger partial charge in [0.2, 0.25) is 5.88 Å². The topological polar surface area (TPSA) is 69.0 Å². The van der Waals surface area contributed by atoms with Crippen molar-refractivity contribution in [2.24, 2.45) is 0 Å². The number of pyridine rings is 1. The normalized spacial score (nSPS) is 12.0. The van der Waals surface area contributed by atoms with Gasteiger partial charge in [-0.05, 0) is 50.5 Å². The Hall–Kier alpha value is -3.67. The number of benzene rings is 2. The van der Waals surface area contributed by atoms with Crippen LogP contribution >= 0.6 is 0 Å². The van der Waals surface area contributed by atoms with Crippen LogP contribution in [0.15, 0.2) is 60.7 Å². The number of aromatic nitrogens is 3. The monoisotopic (exact) mass is 428 g/mol. The van der Waals surface area contributed by atoms with Crippen LogP contribution in [-0.2, 0) is 11.2 Å². The molecule has 164 valence electrons. The summed E-state index contributed by atoms with van der Waals surface area (Å²) in [5, 5.41) is 8.73. The Bertz CT molecular complexity index is 1230. The molecule has 32 heavy (non-hydrogen) atoms. The lowest BCUT2D eigenvalue weighted by Gasteiger charge is -2.15. The number of nitrogens with zero attached hydrogens (tertiary/aromatic N) is 3. The zero-order valence-electron chi connectivity index (χ0n) is 18.9. The fourth-order valence-corrected chi connectivity index (χ4v) is 3.82. The van der Waals surface area contributed by atoms with Crippen LogP contribution in [0.3, 0.4) is 0 Å². The van der Waals surface area contributed by atoms with Crippen LogP contribution in [0.4, 0.5) is 0 Å². The number of rotatable bonds is 7. The number of carbonyl (C=O) groups is 1. The molecule has 0 radical (unpaired) electrons. The second-order valence-electron chi connectivity index (χ2n) is 7.99. The summed E-state index contributed by atoms with van der Waals surface area (Å²) in [6.45, 7) is 7.99. The highest BCUT2D eigenvalue weighted by atomic mass is 16.5. The molecular weight excluding hydrogens is 400 g/mol. The fraction of sp³-hybridized carbons (Fsp3) is 0.269. The molecule has 2 aromatic heterocycles. The number of hydrogen-bond donors (Lipinski definition) is 1. The van der Waals surface area contributed by atoms with E-state index in [0.29, 0.717) is 5.88 Å². The molecule has 0 spiro atoms. The zero-order valence-corrected chi connectivity index (χ0v) is 18.9. The Morgan fingerprint density at radius 3 is 2.50 bits per heavy atom. The zero-order chi connectivity index (χ0) is 22.7. The summed E-state index contributed by atoms with van der Waals surface area (Å²) >= 11 is 0. The van der Waals surface area contributed by atoms with Crippen LogP contribution in [0.1, 0.15) is 42.3 Å². The highest BCUT2D eigenvalue weighted by molar-refractivity contribution is 5.84. The number of fused-ring (bicyclic) bond motifs is 1. The molecule has 0 fully saturated rings. The molecule has 2 heterocycles. The number of ether oxygens (including phenoxy) is 1. The maximum atomic E-state index is 12.5. The van der Waals surface area contributed by atoms with Gasteiger partial charge in [0.15, 0.2) is 12.3 Å². The highest BCUT2D eigenvalue weighted by Gasteiger charge is 2.17. The van der Waals surface area contributed by atoms with E-state index < -0.39 is 0 Å². The van der Waals surface area contributed by atoms with E-state index in [2.05, 4.69) is 31.3 Å². The first kappa shape index (κ1) is 21.6. The quantitative estimate of drug-likeness (QED) is 0.457. The van der Waals surface area contributed by atoms with Crippen LogP contribution in [0.25, 0.3) is 16.7 Å². The standard InChI is InChI=1S/C26H28N4O2/c1-5-20-15-24(32-16-23(31)27-18(3)21-9-7-6-8-10-21)28-26-25(20)19(4)29-30(26)22-13-11-17(2)12-14-22/h6-15,18H,5,16H2,1-4H3,(H,27,31)/t18-/m1/s1. The van der Waals surface area contributed by atoms with Crippen molar-refractivity contribution in [1.82, 2.24) is 20.1 Å². The second kappa shape index (κ2) is 9.22. The van der Waals surface area contributed by atoms with E-state index >= 15 is 0 Å². The largest absolute Gasteiger partial charge is 0.468 e. The lowest BCUT2D eigenvalue weighted by atomic mass is 10.1. The molecule has 4 aromatic rings. The summed E-state index contributed by atoms with van der Waals surface area (Å²) in [5.74, 6) is 0.231. The van der Waals surface area contributed by atoms with Crippen molar-refractivity contribution in [3.05, 3.63) is 83.0 Å². The fourth-order valence-electron chi connectivity index (χ4n) is 3.82. The van der Waals surface area contributed by atoms with Crippen molar-refractivity contribution in [3.8, 4) is 11.6 Å². The molecule has 6 nitrogen and oxygen atoms in total. The average molecular weight is 429 g/mol. The summed E-state index contributed by atoms with van der Waals surface area (Å²) in [6, 6.07) is 19.8. The van der Waals surface area contributed by atoms with Gasteiger partial charge in [-0.3, -0.25) is 4.79 Å². The van der Waals surface area contributed by atoms with E-state index in [0.717, 1.165) is 40.0 Å². The Labute approximate surface area is 188 Å². The summed E-state index contributed by atoms with van der Waals surface area (Å²) < 4.78 is 7.65. The lowest BCUT2D eigenvalue weighted by Crippen LogP contribution is -2.31. The smallest absolute Gasteiger partial charge is 0.258 e. The molecule has 0 unspecified atom stereocenters. The predicted molar refractivity (Wildman–Crippen MR) is 126 cm³/mol. The third kappa shape index (κ3) is 4.49. The minimum Gasteiger partial charge on any atom is -0.468 e. The van der Waals surface area contributed by atoms with Crippen LogP contribution in [0.2, 0.25) is 0 Å². The lowest BCUT2D eigenvalue weighted by molar-refractivity contribution is -0.123. The van der Waals surface area contributed by atoms with Crippen LogP contribution < -0.4 is 10.1 Å². The maximum absolute atomic E-state index is 12.5. The van der Waals surface area contributed by atoms with Gasteiger partial charge in [0, 0.05) is 11.5 Å². The molecule has 0 aliphatic carbocycles. The first-order chi connectivity index (χ1) is 15.5. The average Bonchev–Trinajstić information content (AvgIpc) is 3.14. The van der Waals surface area contributed by atoms with Crippen molar-refractivity contribution in [2.45, 2.75) is 40.2 Å². The molecule has 1 amide bonds. The van der Waals surface area contributed by atoms with Gasteiger partial charge in [-0.15, -0.1) is 0 Å². The maximum Gasteiger partial charge on any atom is 0.258 e. The van der Waals surface area contributed by atoms with Gasteiger partial charge in [-0.2, -0.15) is 10.1 Å². The number of amides is 1. The van der Waals surface area contributed by atoms with Gasteiger partial charge < -0.3 is 10.1 Å². The van der Waals surface area contributed by atoms with E-state index in [9.17, 15) is 4.79 Å². The molecule has 6 heteroatoms. The van der Waals surface area contributed by atoms with E-state index in [-0.39, 0.29) is 18.6 Å². The summed E-state index contributed by atoms with van der Waals surface area (Å²) in [6.07, 6.45) is 0.813. The van der Waals surface area contributed by atoms with E-state index in [1.54, 1.807) is 0 Å². The molecule has 4 rings (SSSR count). The Morgan fingerprint density at radius 2 is 1.81 bits per heavy atom. The van der Waals surface area contributed by atoms with Gasteiger partial charge in [-0.1, -0.05) is 55.0 Å². The molecular formula is C26H28N4O2. The predicted octanol–water partition coefficient (Wildman–Crippen LogP) is 4.86. The Morgan fingerprint density at radius 1 is 1.09 bits per heavy atom. The SMILES string of the molecule is CCc1cc(OCC(=O)N[C@H](C)c2ccccc2)nc2c1c(C)nn2-c1ccc(C)cc1. The van der Waals surface area contributed by atoms with Gasteiger partial charge in [0.1, 0.15) is 0 Å². The van der Waals surface area contributed by atoms with Crippen molar-refractivity contribution in [2.75, 3.05) is 6.61 Å². The number of carbonyl (C=O) groups excluding carboxylic acids is 1. The number of aryl methyl sites for hydroxylation is 3. The first-order valence-electron chi connectivity index (χ1n) is 10.9.